The minimum Gasteiger partial charge on any atom is -0.465 e. The standard InChI is InChI=1S/C23H33NO3/c1-5-23(25,17(2)16-24(3)4)20-11-9-19-15-21(12-10-18(19)14-20)27-22-8-6-7-13-26-22/h9-12,14-15,17,22,25H,5-8,13,16H2,1-4H3/t17-,22?,23-/m0/s1. The number of hydrogen-bond acceptors (Lipinski definition) is 4. The average Bonchev–Trinajstić information content (AvgIpc) is 2.67. The summed E-state index contributed by atoms with van der Waals surface area (Å²) in [6.45, 7) is 5.80. The lowest BCUT2D eigenvalue weighted by atomic mass is 9.79. The molecule has 1 heterocycles. The van der Waals surface area contributed by atoms with Crippen LogP contribution in [0.2, 0.25) is 0 Å². The molecule has 0 amide bonds. The monoisotopic (exact) mass is 371 g/mol. The van der Waals surface area contributed by atoms with Crippen LogP contribution in [-0.4, -0.2) is 43.5 Å². The molecular weight excluding hydrogens is 338 g/mol. The van der Waals surface area contributed by atoms with Gasteiger partial charge in [-0.25, -0.2) is 0 Å². The molecule has 3 atom stereocenters. The quantitative estimate of drug-likeness (QED) is 0.776. The van der Waals surface area contributed by atoms with Gasteiger partial charge in [-0.2, -0.15) is 0 Å². The van der Waals surface area contributed by atoms with Crippen molar-refractivity contribution in [3.05, 3.63) is 42.0 Å². The maximum absolute atomic E-state index is 11.4. The Bertz CT molecular complexity index is 754. The zero-order chi connectivity index (χ0) is 19.4. The number of rotatable bonds is 7. The van der Waals surface area contributed by atoms with Gasteiger partial charge in [0.2, 0.25) is 0 Å². The van der Waals surface area contributed by atoms with Crippen LogP contribution in [0.25, 0.3) is 10.8 Å². The molecule has 3 rings (SSSR count). The van der Waals surface area contributed by atoms with E-state index >= 15 is 0 Å². The first-order chi connectivity index (χ1) is 12.9. The fourth-order valence-corrected chi connectivity index (χ4v) is 4.06. The molecule has 27 heavy (non-hydrogen) atoms. The minimum absolute atomic E-state index is 0.132. The molecule has 4 heteroatoms. The smallest absolute Gasteiger partial charge is 0.199 e. The van der Waals surface area contributed by atoms with Gasteiger partial charge in [-0.05, 0) is 67.9 Å². The van der Waals surface area contributed by atoms with Gasteiger partial charge in [0.1, 0.15) is 5.75 Å². The zero-order valence-corrected chi connectivity index (χ0v) is 17.1. The molecule has 0 bridgehead atoms. The number of fused-ring (bicyclic) bond motifs is 1. The van der Waals surface area contributed by atoms with E-state index in [1.165, 1.54) is 0 Å². The van der Waals surface area contributed by atoms with E-state index < -0.39 is 5.60 Å². The maximum atomic E-state index is 11.4. The van der Waals surface area contributed by atoms with E-state index in [4.69, 9.17) is 9.47 Å². The van der Waals surface area contributed by atoms with Crippen molar-refractivity contribution in [3.8, 4) is 5.75 Å². The van der Waals surface area contributed by atoms with Crippen molar-refractivity contribution >= 4 is 10.8 Å². The van der Waals surface area contributed by atoms with E-state index in [0.29, 0.717) is 6.42 Å². The van der Waals surface area contributed by atoms with Crippen molar-refractivity contribution < 1.29 is 14.6 Å². The predicted octanol–water partition coefficient (Wildman–Crippen LogP) is 4.54. The SMILES string of the molecule is CC[C@@](O)(c1ccc2cc(OC3CCCCO3)ccc2c1)[C@@H](C)CN(C)C. The van der Waals surface area contributed by atoms with Crippen LogP contribution in [-0.2, 0) is 10.3 Å². The summed E-state index contributed by atoms with van der Waals surface area (Å²) in [6, 6.07) is 12.4. The summed E-state index contributed by atoms with van der Waals surface area (Å²) in [4.78, 5) is 2.13. The number of ether oxygens (including phenoxy) is 2. The van der Waals surface area contributed by atoms with E-state index in [0.717, 1.165) is 54.5 Å². The topological polar surface area (TPSA) is 41.9 Å². The largest absolute Gasteiger partial charge is 0.465 e. The molecule has 2 aromatic carbocycles. The highest BCUT2D eigenvalue weighted by molar-refractivity contribution is 5.84. The second-order valence-electron chi connectivity index (χ2n) is 8.08. The molecule has 1 aliphatic rings. The molecule has 0 saturated carbocycles. The van der Waals surface area contributed by atoms with E-state index in [-0.39, 0.29) is 12.2 Å². The zero-order valence-electron chi connectivity index (χ0n) is 17.1. The summed E-state index contributed by atoms with van der Waals surface area (Å²) in [5.41, 5.74) is 0.153. The predicted molar refractivity (Wildman–Crippen MR) is 110 cm³/mol. The maximum Gasteiger partial charge on any atom is 0.199 e. The van der Waals surface area contributed by atoms with Crippen LogP contribution < -0.4 is 4.74 Å². The second-order valence-corrected chi connectivity index (χ2v) is 8.08. The highest BCUT2D eigenvalue weighted by Crippen LogP contribution is 2.35. The third kappa shape index (κ3) is 4.63. The van der Waals surface area contributed by atoms with Crippen molar-refractivity contribution in [2.75, 3.05) is 27.2 Å². The van der Waals surface area contributed by atoms with Gasteiger partial charge in [0.05, 0.1) is 12.2 Å². The fraction of sp³-hybridized carbons (Fsp3) is 0.565. The van der Waals surface area contributed by atoms with Crippen LogP contribution in [0.15, 0.2) is 36.4 Å². The Balaban J connectivity index is 1.83. The highest BCUT2D eigenvalue weighted by Gasteiger charge is 2.34. The number of aliphatic hydroxyl groups is 1. The summed E-state index contributed by atoms with van der Waals surface area (Å²) in [5.74, 6) is 0.981. The molecule has 0 radical (unpaired) electrons. The Morgan fingerprint density at radius 3 is 2.59 bits per heavy atom. The Morgan fingerprint density at radius 1 is 1.19 bits per heavy atom. The molecule has 4 nitrogen and oxygen atoms in total. The van der Waals surface area contributed by atoms with Crippen LogP contribution in [0, 0.1) is 5.92 Å². The molecule has 2 aromatic rings. The van der Waals surface area contributed by atoms with Crippen molar-refractivity contribution in [3.63, 3.8) is 0 Å². The molecule has 0 aliphatic carbocycles. The molecule has 148 valence electrons. The van der Waals surface area contributed by atoms with Gasteiger partial charge in [0.25, 0.3) is 0 Å². The third-order valence-electron chi connectivity index (χ3n) is 5.71. The Kier molecular flexibility index (Phi) is 6.40. The van der Waals surface area contributed by atoms with E-state index in [2.05, 4.69) is 49.1 Å². The number of nitrogens with zero attached hydrogens (tertiary/aromatic N) is 1. The lowest BCUT2D eigenvalue weighted by molar-refractivity contribution is -0.105. The van der Waals surface area contributed by atoms with Gasteiger partial charge in [0.15, 0.2) is 6.29 Å². The first-order valence-corrected chi connectivity index (χ1v) is 10.1. The van der Waals surface area contributed by atoms with Crippen LogP contribution in [0.3, 0.4) is 0 Å². The van der Waals surface area contributed by atoms with E-state index in [1.807, 2.05) is 20.2 Å². The fourth-order valence-electron chi connectivity index (χ4n) is 4.06. The molecular formula is C23H33NO3. The summed E-state index contributed by atoms with van der Waals surface area (Å²) in [5, 5.41) is 13.6. The lowest BCUT2D eigenvalue weighted by Gasteiger charge is -2.35. The number of benzene rings is 2. The molecule has 1 saturated heterocycles. The summed E-state index contributed by atoms with van der Waals surface area (Å²) >= 11 is 0. The van der Waals surface area contributed by atoms with Crippen LogP contribution in [0.4, 0.5) is 0 Å². The van der Waals surface area contributed by atoms with Crippen molar-refractivity contribution in [1.82, 2.24) is 4.90 Å². The number of hydrogen-bond donors (Lipinski definition) is 1. The second kappa shape index (κ2) is 8.59. The first kappa shape index (κ1) is 20.1. The van der Waals surface area contributed by atoms with E-state index in [1.54, 1.807) is 0 Å². The first-order valence-electron chi connectivity index (χ1n) is 10.1. The van der Waals surface area contributed by atoms with Gasteiger partial charge < -0.3 is 19.5 Å². The highest BCUT2D eigenvalue weighted by atomic mass is 16.7. The van der Waals surface area contributed by atoms with Gasteiger partial charge in [-0.1, -0.05) is 32.0 Å². The van der Waals surface area contributed by atoms with Crippen molar-refractivity contribution in [2.24, 2.45) is 5.92 Å². The summed E-state index contributed by atoms with van der Waals surface area (Å²) in [6.07, 6.45) is 3.78. The Hall–Kier alpha value is -1.62. The molecule has 1 fully saturated rings. The van der Waals surface area contributed by atoms with Crippen LogP contribution >= 0.6 is 0 Å². The van der Waals surface area contributed by atoms with E-state index in [9.17, 15) is 5.11 Å². The normalized spacial score (nSPS) is 21.2. The molecule has 1 aliphatic heterocycles. The van der Waals surface area contributed by atoms with Gasteiger partial charge in [-0.15, -0.1) is 0 Å². The minimum atomic E-state index is -0.830. The Morgan fingerprint density at radius 2 is 1.93 bits per heavy atom. The van der Waals surface area contributed by atoms with Gasteiger partial charge >= 0.3 is 0 Å². The van der Waals surface area contributed by atoms with Crippen LogP contribution in [0.1, 0.15) is 45.1 Å². The summed E-state index contributed by atoms with van der Waals surface area (Å²) < 4.78 is 11.7. The van der Waals surface area contributed by atoms with Gasteiger partial charge in [-0.3, -0.25) is 0 Å². The lowest BCUT2D eigenvalue weighted by Crippen LogP contribution is -2.38. The van der Waals surface area contributed by atoms with Crippen molar-refractivity contribution in [1.29, 1.82) is 0 Å². The molecule has 0 aromatic heterocycles. The van der Waals surface area contributed by atoms with Crippen molar-refractivity contribution in [2.45, 2.75) is 51.4 Å². The van der Waals surface area contributed by atoms with Gasteiger partial charge in [0, 0.05) is 18.9 Å². The van der Waals surface area contributed by atoms with Crippen LogP contribution in [0.5, 0.6) is 5.75 Å². The molecule has 1 N–H and O–H groups in total. The third-order valence-corrected chi connectivity index (χ3v) is 5.71. The Labute approximate surface area is 163 Å². The molecule has 1 unspecified atom stereocenters. The average molecular weight is 372 g/mol. The summed E-state index contributed by atoms with van der Waals surface area (Å²) in [7, 11) is 4.09. The molecule has 0 spiro atoms.